The molecule has 0 spiro atoms. The highest BCUT2D eigenvalue weighted by Gasteiger charge is 2.21. The van der Waals surface area contributed by atoms with Crippen molar-refractivity contribution in [2.45, 2.75) is 19.4 Å². The summed E-state index contributed by atoms with van der Waals surface area (Å²) < 4.78 is 36.2. The molecule has 11 heteroatoms. The topological polar surface area (TPSA) is 115 Å². The average Bonchev–Trinajstić information content (AvgIpc) is 3.23. The molecule has 32 heavy (non-hydrogen) atoms. The van der Waals surface area contributed by atoms with Crippen molar-refractivity contribution in [1.29, 1.82) is 0 Å². The minimum atomic E-state index is -3.55. The molecule has 0 saturated heterocycles. The molecule has 2 aromatic carbocycles. The highest BCUT2D eigenvalue weighted by molar-refractivity contribution is 7.92. The number of amides is 1. The number of nitrogens with one attached hydrogen (secondary N) is 1. The Bertz CT molecular complexity index is 1180. The van der Waals surface area contributed by atoms with Gasteiger partial charge in [0, 0.05) is 18.5 Å². The molecule has 1 N–H and O–H groups in total. The van der Waals surface area contributed by atoms with Crippen molar-refractivity contribution in [3.8, 4) is 17.1 Å². The second kappa shape index (κ2) is 10.5. The summed E-state index contributed by atoms with van der Waals surface area (Å²) in [6.07, 6.45) is 1.55. The molecule has 1 amide bonds. The SMILES string of the molecule is COc1ccccc1N(CCCC(=O)NCc1nc(-c2ccccc2Cl)no1)S(C)(=O)=O. The Morgan fingerprint density at radius 1 is 1.19 bits per heavy atom. The molecular weight excluding hydrogens is 456 g/mol. The van der Waals surface area contributed by atoms with Crippen molar-refractivity contribution in [3.05, 3.63) is 59.4 Å². The first-order chi connectivity index (χ1) is 15.3. The van der Waals surface area contributed by atoms with Gasteiger partial charge in [-0.15, -0.1) is 0 Å². The van der Waals surface area contributed by atoms with Crippen molar-refractivity contribution in [2.24, 2.45) is 0 Å². The first-order valence-corrected chi connectivity index (χ1v) is 12.0. The van der Waals surface area contributed by atoms with Gasteiger partial charge in [0.15, 0.2) is 0 Å². The fourth-order valence-corrected chi connectivity index (χ4v) is 4.21. The van der Waals surface area contributed by atoms with Crippen LogP contribution in [0.15, 0.2) is 53.1 Å². The first kappa shape index (κ1) is 23.6. The van der Waals surface area contributed by atoms with Crippen LogP contribution in [0.25, 0.3) is 11.4 Å². The van der Waals surface area contributed by atoms with Crippen molar-refractivity contribution in [3.63, 3.8) is 0 Å². The van der Waals surface area contributed by atoms with Gasteiger partial charge in [-0.3, -0.25) is 9.10 Å². The normalized spacial score (nSPS) is 11.2. The average molecular weight is 479 g/mol. The number of halogens is 1. The molecular formula is C21H23ClN4O5S. The van der Waals surface area contributed by atoms with Gasteiger partial charge in [0.25, 0.3) is 0 Å². The number of anilines is 1. The number of para-hydroxylation sites is 2. The Hall–Kier alpha value is -3.11. The van der Waals surface area contributed by atoms with E-state index in [1.54, 1.807) is 42.5 Å². The molecule has 9 nitrogen and oxygen atoms in total. The van der Waals surface area contributed by atoms with E-state index in [9.17, 15) is 13.2 Å². The van der Waals surface area contributed by atoms with Gasteiger partial charge in [-0.05, 0) is 30.7 Å². The molecule has 0 fully saturated rings. The van der Waals surface area contributed by atoms with Crippen LogP contribution in [-0.4, -0.2) is 44.4 Å². The lowest BCUT2D eigenvalue weighted by Crippen LogP contribution is -2.32. The molecule has 1 heterocycles. The summed E-state index contributed by atoms with van der Waals surface area (Å²) in [4.78, 5) is 16.5. The lowest BCUT2D eigenvalue weighted by Gasteiger charge is -2.24. The van der Waals surface area contributed by atoms with Crippen LogP contribution in [0.4, 0.5) is 5.69 Å². The van der Waals surface area contributed by atoms with Crippen LogP contribution in [-0.2, 0) is 21.4 Å². The number of ether oxygens (including phenoxy) is 1. The lowest BCUT2D eigenvalue weighted by atomic mass is 10.2. The molecule has 0 aliphatic rings. The Morgan fingerprint density at radius 2 is 1.91 bits per heavy atom. The van der Waals surface area contributed by atoms with Crippen molar-refractivity contribution < 1.29 is 22.5 Å². The van der Waals surface area contributed by atoms with Crippen molar-refractivity contribution in [1.82, 2.24) is 15.5 Å². The molecule has 0 aliphatic carbocycles. The van der Waals surface area contributed by atoms with Crippen LogP contribution < -0.4 is 14.4 Å². The number of hydrogen-bond acceptors (Lipinski definition) is 7. The largest absolute Gasteiger partial charge is 0.495 e. The molecule has 0 unspecified atom stereocenters. The number of carbonyl (C=O) groups is 1. The minimum Gasteiger partial charge on any atom is -0.495 e. The number of hydrogen-bond donors (Lipinski definition) is 1. The second-order valence-electron chi connectivity index (χ2n) is 6.88. The Morgan fingerprint density at radius 3 is 2.62 bits per heavy atom. The van der Waals surface area contributed by atoms with Crippen LogP contribution >= 0.6 is 11.6 Å². The van der Waals surface area contributed by atoms with E-state index in [1.165, 1.54) is 11.4 Å². The van der Waals surface area contributed by atoms with Crippen LogP contribution in [0.2, 0.25) is 5.02 Å². The number of methoxy groups -OCH3 is 1. The van der Waals surface area contributed by atoms with E-state index < -0.39 is 10.0 Å². The van der Waals surface area contributed by atoms with Gasteiger partial charge in [-0.2, -0.15) is 4.98 Å². The highest BCUT2D eigenvalue weighted by atomic mass is 35.5. The Labute approximate surface area is 191 Å². The summed E-state index contributed by atoms with van der Waals surface area (Å²) in [5, 5.41) is 7.07. The van der Waals surface area contributed by atoms with Crippen LogP contribution in [0.1, 0.15) is 18.7 Å². The summed E-state index contributed by atoms with van der Waals surface area (Å²) in [5.41, 5.74) is 1.06. The molecule has 170 valence electrons. The molecule has 0 aliphatic heterocycles. The fraction of sp³-hybridized carbons (Fsp3) is 0.286. The third kappa shape index (κ3) is 5.98. The zero-order valence-corrected chi connectivity index (χ0v) is 19.2. The Kier molecular flexibility index (Phi) is 7.70. The predicted molar refractivity (Wildman–Crippen MR) is 121 cm³/mol. The van der Waals surface area contributed by atoms with Gasteiger partial charge in [-0.25, -0.2) is 8.42 Å². The van der Waals surface area contributed by atoms with E-state index in [0.29, 0.717) is 34.3 Å². The maximum Gasteiger partial charge on any atom is 0.246 e. The van der Waals surface area contributed by atoms with Gasteiger partial charge >= 0.3 is 0 Å². The maximum atomic E-state index is 12.3. The van der Waals surface area contributed by atoms with Gasteiger partial charge in [0.05, 0.1) is 30.6 Å². The standard InChI is InChI=1S/C21H23ClN4O5S/c1-30-18-11-6-5-10-17(18)26(32(2,28)29)13-7-12-19(27)23-14-20-24-21(25-31-20)15-8-3-4-9-16(15)22/h3-6,8-11H,7,12-14H2,1-2H3,(H,23,27). The summed E-state index contributed by atoms with van der Waals surface area (Å²) in [6.45, 7) is 0.183. The molecule has 1 aromatic heterocycles. The quantitative estimate of drug-likeness (QED) is 0.475. The number of benzene rings is 2. The summed E-state index contributed by atoms with van der Waals surface area (Å²) >= 11 is 6.13. The van der Waals surface area contributed by atoms with Gasteiger partial charge in [0.2, 0.25) is 27.6 Å². The van der Waals surface area contributed by atoms with Gasteiger partial charge in [-0.1, -0.05) is 41.0 Å². The molecule has 3 rings (SSSR count). The van der Waals surface area contributed by atoms with Gasteiger partial charge in [0.1, 0.15) is 5.75 Å². The monoisotopic (exact) mass is 478 g/mol. The summed E-state index contributed by atoms with van der Waals surface area (Å²) in [7, 11) is -2.08. The third-order valence-corrected chi connectivity index (χ3v) is 6.05. The van der Waals surface area contributed by atoms with Crippen LogP contribution in [0, 0.1) is 0 Å². The summed E-state index contributed by atoms with van der Waals surface area (Å²) in [6, 6.07) is 13.9. The van der Waals surface area contributed by atoms with E-state index in [4.69, 9.17) is 20.9 Å². The van der Waals surface area contributed by atoms with E-state index in [1.807, 2.05) is 6.07 Å². The number of carbonyl (C=O) groups excluding carboxylic acids is 1. The molecule has 0 atom stereocenters. The van der Waals surface area contributed by atoms with E-state index in [2.05, 4.69) is 15.5 Å². The highest BCUT2D eigenvalue weighted by Crippen LogP contribution is 2.29. The Balaban J connectivity index is 1.54. The summed E-state index contributed by atoms with van der Waals surface area (Å²) in [5.74, 6) is 0.740. The zero-order chi connectivity index (χ0) is 23.1. The third-order valence-electron chi connectivity index (χ3n) is 4.54. The number of nitrogens with zero attached hydrogens (tertiary/aromatic N) is 3. The molecule has 0 radical (unpaired) electrons. The van der Waals surface area contributed by atoms with Crippen molar-refractivity contribution >= 4 is 33.2 Å². The zero-order valence-electron chi connectivity index (χ0n) is 17.6. The van der Waals surface area contributed by atoms with Crippen LogP contribution in [0.3, 0.4) is 0 Å². The molecule has 3 aromatic rings. The smallest absolute Gasteiger partial charge is 0.246 e. The molecule has 0 bridgehead atoms. The van der Waals surface area contributed by atoms with Crippen LogP contribution in [0.5, 0.6) is 5.75 Å². The second-order valence-corrected chi connectivity index (χ2v) is 9.19. The van der Waals surface area contributed by atoms with E-state index >= 15 is 0 Å². The van der Waals surface area contributed by atoms with Gasteiger partial charge < -0.3 is 14.6 Å². The fourth-order valence-electron chi connectivity index (χ4n) is 3.03. The van der Waals surface area contributed by atoms with Crippen molar-refractivity contribution in [2.75, 3.05) is 24.2 Å². The number of aromatic nitrogens is 2. The first-order valence-electron chi connectivity index (χ1n) is 9.74. The minimum absolute atomic E-state index is 0.0542. The molecule has 0 saturated carbocycles. The lowest BCUT2D eigenvalue weighted by molar-refractivity contribution is -0.121. The maximum absolute atomic E-state index is 12.3. The number of sulfonamides is 1. The number of rotatable bonds is 10. The van der Waals surface area contributed by atoms with E-state index in [-0.39, 0.29) is 31.3 Å². The van der Waals surface area contributed by atoms with E-state index in [0.717, 1.165) is 6.26 Å². The predicted octanol–water partition coefficient (Wildman–Crippen LogP) is 3.26.